The Labute approximate surface area is 126 Å². The van der Waals surface area contributed by atoms with Crippen LogP contribution in [0, 0.1) is 0 Å². The molecule has 1 aromatic carbocycles. The van der Waals surface area contributed by atoms with Crippen molar-refractivity contribution in [2.24, 2.45) is 0 Å². The molecule has 5 heteroatoms. The van der Waals surface area contributed by atoms with Gasteiger partial charge in [-0.05, 0) is 45.5 Å². The monoisotopic (exact) mass is 300 g/mol. The molecule has 120 valence electrons. The van der Waals surface area contributed by atoms with Crippen molar-refractivity contribution in [2.45, 2.75) is 39.3 Å². The topological polar surface area (TPSA) is 24.5 Å². The van der Waals surface area contributed by atoms with Crippen molar-refractivity contribution in [1.29, 1.82) is 0 Å². The highest BCUT2D eigenvalue weighted by Crippen LogP contribution is 2.13. The van der Waals surface area contributed by atoms with Crippen LogP contribution in [0.3, 0.4) is 0 Å². The van der Waals surface area contributed by atoms with Gasteiger partial charge >= 0.3 is 0 Å². The fourth-order valence-electron chi connectivity index (χ4n) is 1.72. The maximum atomic E-state index is 12.1. The lowest BCUT2D eigenvalue weighted by atomic mass is 10.1. The number of nitrogens with one attached hydrogen (secondary N) is 1. The first-order valence-electron chi connectivity index (χ1n) is 7.20. The van der Waals surface area contributed by atoms with Gasteiger partial charge in [0.05, 0.1) is 6.54 Å². The smallest absolute Gasteiger partial charge is 0.251 e. The molecule has 0 spiro atoms. The SMILES string of the molecule is CN(CCOc1ccc(CNC(C)(C)C)cc1)CC(F)F. The molecule has 0 aliphatic heterocycles. The largest absolute Gasteiger partial charge is 0.492 e. The van der Waals surface area contributed by atoms with Crippen molar-refractivity contribution in [2.75, 3.05) is 26.7 Å². The predicted molar refractivity (Wildman–Crippen MR) is 82.0 cm³/mol. The third kappa shape index (κ3) is 8.63. The molecule has 21 heavy (non-hydrogen) atoms. The van der Waals surface area contributed by atoms with Gasteiger partial charge in [0, 0.05) is 18.6 Å². The van der Waals surface area contributed by atoms with Gasteiger partial charge in [0.25, 0.3) is 6.43 Å². The Kier molecular flexibility index (Phi) is 7.05. The number of rotatable bonds is 8. The minimum Gasteiger partial charge on any atom is -0.492 e. The number of hydrogen-bond donors (Lipinski definition) is 1. The number of halogens is 2. The number of alkyl halides is 2. The van der Waals surface area contributed by atoms with Gasteiger partial charge in [-0.1, -0.05) is 12.1 Å². The molecular formula is C16H26F2N2O. The lowest BCUT2D eigenvalue weighted by Gasteiger charge is -2.20. The molecule has 0 saturated carbocycles. The van der Waals surface area contributed by atoms with Crippen LogP contribution in [0.15, 0.2) is 24.3 Å². The first-order valence-corrected chi connectivity index (χ1v) is 7.20. The molecule has 1 aromatic rings. The summed E-state index contributed by atoms with van der Waals surface area (Å²) in [5.41, 5.74) is 1.27. The first-order chi connectivity index (χ1) is 9.76. The zero-order valence-corrected chi connectivity index (χ0v) is 13.3. The van der Waals surface area contributed by atoms with Crippen molar-refractivity contribution < 1.29 is 13.5 Å². The number of benzene rings is 1. The Bertz CT molecular complexity index is 402. The highest BCUT2D eigenvalue weighted by atomic mass is 19.3. The molecule has 1 rings (SSSR count). The van der Waals surface area contributed by atoms with Crippen LogP contribution >= 0.6 is 0 Å². The molecular weight excluding hydrogens is 274 g/mol. The van der Waals surface area contributed by atoms with Gasteiger partial charge in [0.1, 0.15) is 12.4 Å². The minimum atomic E-state index is -2.30. The van der Waals surface area contributed by atoms with E-state index in [1.54, 1.807) is 11.9 Å². The average molecular weight is 300 g/mol. The van der Waals surface area contributed by atoms with Gasteiger partial charge in [-0.25, -0.2) is 8.78 Å². The molecule has 0 saturated heterocycles. The van der Waals surface area contributed by atoms with E-state index in [0.717, 1.165) is 12.3 Å². The molecule has 0 aromatic heterocycles. The standard InChI is InChI=1S/C16H26F2N2O/c1-16(2,3)19-11-13-5-7-14(8-6-13)21-10-9-20(4)12-15(17)18/h5-8,15,19H,9-12H2,1-4H3. The second-order valence-electron chi connectivity index (χ2n) is 6.25. The van der Waals surface area contributed by atoms with Crippen molar-refractivity contribution in [1.82, 2.24) is 10.2 Å². The predicted octanol–water partition coefficient (Wildman–Crippen LogP) is 3.15. The minimum absolute atomic E-state index is 0.0878. The molecule has 0 atom stereocenters. The second kappa shape index (κ2) is 8.29. The quantitative estimate of drug-likeness (QED) is 0.798. The number of likely N-dealkylation sites (N-methyl/N-ethyl adjacent to an activating group) is 1. The Morgan fingerprint density at radius 3 is 2.33 bits per heavy atom. The van der Waals surface area contributed by atoms with Crippen LogP contribution in [0.1, 0.15) is 26.3 Å². The zero-order chi connectivity index (χ0) is 15.9. The average Bonchev–Trinajstić information content (AvgIpc) is 2.36. The Morgan fingerprint density at radius 1 is 1.19 bits per heavy atom. The summed E-state index contributed by atoms with van der Waals surface area (Å²) < 4.78 is 29.8. The molecule has 0 fully saturated rings. The third-order valence-electron chi connectivity index (χ3n) is 2.94. The van der Waals surface area contributed by atoms with Crippen LogP contribution in [-0.2, 0) is 6.54 Å². The Morgan fingerprint density at radius 2 is 1.81 bits per heavy atom. The van der Waals surface area contributed by atoms with E-state index in [1.165, 1.54) is 5.56 Å². The van der Waals surface area contributed by atoms with Gasteiger partial charge in [-0.2, -0.15) is 0 Å². The van der Waals surface area contributed by atoms with Crippen LogP contribution in [-0.4, -0.2) is 43.6 Å². The van der Waals surface area contributed by atoms with E-state index in [4.69, 9.17) is 4.74 Å². The van der Waals surface area contributed by atoms with Crippen molar-refractivity contribution in [3.8, 4) is 5.75 Å². The summed E-state index contributed by atoms with van der Waals surface area (Å²) in [5, 5.41) is 3.42. The molecule has 0 unspecified atom stereocenters. The summed E-state index contributed by atoms with van der Waals surface area (Å²) in [6, 6.07) is 7.84. The van der Waals surface area contributed by atoms with Gasteiger partial charge in [0.2, 0.25) is 0 Å². The summed E-state index contributed by atoms with van der Waals surface area (Å²) in [7, 11) is 1.66. The first kappa shape index (κ1) is 17.9. The summed E-state index contributed by atoms with van der Waals surface area (Å²) in [4.78, 5) is 1.56. The Hall–Kier alpha value is -1.20. The highest BCUT2D eigenvalue weighted by Gasteiger charge is 2.09. The van der Waals surface area contributed by atoms with Crippen LogP contribution in [0.5, 0.6) is 5.75 Å². The molecule has 3 nitrogen and oxygen atoms in total. The lowest BCUT2D eigenvalue weighted by molar-refractivity contribution is 0.0935. The van der Waals surface area contributed by atoms with Crippen molar-refractivity contribution >= 4 is 0 Å². The number of ether oxygens (including phenoxy) is 1. The van der Waals surface area contributed by atoms with Gasteiger partial charge in [-0.15, -0.1) is 0 Å². The van der Waals surface area contributed by atoms with Gasteiger partial charge < -0.3 is 10.1 Å². The van der Waals surface area contributed by atoms with E-state index >= 15 is 0 Å². The van der Waals surface area contributed by atoms with E-state index in [9.17, 15) is 8.78 Å². The second-order valence-corrected chi connectivity index (χ2v) is 6.25. The normalized spacial score (nSPS) is 12.2. The maximum absolute atomic E-state index is 12.1. The van der Waals surface area contributed by atoms with Gasteiger partial charge in [-0.3, -0.25) is 4.90 Å². The maximum Gasteiger partial charge on any atom is 0.251 e. The van der Waals surface area contributed by atoms with Crippen LogP contribution < -0.4 is 10.1 Å². The lowest BCUT2D eigenvalue weighted by Crippen LogP contribution is -2.35. The summed E-state index contributed by atoms with van der Waals surface area (Å²) in [5.74, 6) is 0.764. The van der Waals surface area contributed by atoms with Crippen molar-refractivity contribution in [3.63, 3.8) is 0 Å². The van der Waals surface area contributed by atoms with Crippen LogP contribution in [0.4, 0.5) is 8.78 Å². The fourth-order valence-corrected chi connectivity index (χ4v) is 1.72. The van der Waals surface area contributed by atoms with E-state index in [0.29, 0.717) is 13.2 Å². The van der Waals surface area contributed by atoms with Crippen LogP contribution in [0.25, 0.3) is 0 Å². The zero-order valence-electron chi connectivity index (χ0n) is 13.3. The summed E-state index contributed by atoms with van der Waals surface area (Å²) >= 11 is 0. The Balaban J connectivity index is 2.31. The van der Waals surface area contributed by atoms with E-state index in [2.05, 4.69) is 26.1 Å². The number of hydrogen-bond acceptors (Lipinski definition) is 3. The molecule has 0 radical (unpaired) electrons. The molecule has 1 N–H and O–H groups in total. The van der Waals surface area contributed by atoms with E-state index in [1.807, 2.05) is 24.3 Å². The van der Waals surface area contributed by atoms with Gasteiger partial charge in [0.15, 0.2) is 0 Å². The molecule has 0 amide bonds. The highest BCUT2D eigenvalue weighted by molar-refractivity contribution is 5.27. The van der Waals surface area contributed by atoms with E-state index in [-0.39, 0.29) is 12.1 Å². The number of nitrogens with zero attached hydrogens (tertiary/aromatic N) is 1. The van der Waals surface area contributed by atoms with Crippen molar-refractivity contribution in [3.05, 3.63) is 29.8 Å². The summed E-state index contributed by atoms with van der Waals surface area (Å²) in [6.45, 7) is 7.85. The fraction of sp³-hybridized carbons (Fsp3) is 0.625. The molecule has 0 aliphatic carbocycles. The molecule has 0 aliphatic rings. The summed E-state index contributed by atoms with van der Waals surface area (Å²) in [6.07, 6.45) is -2.30. The molecule has 0 heterocycles. The molecule has 0 bridgehead atoms. The van der Waals surface area contributed by atoms with Crippen LogP contribution in [0.2, 0.25) is 0 Å². The third-order valence-corrected chi connectivity index (χ3v) is 2.94. The van der Waals surface area contributed by atoms with E-state index < -0.39 is 6.43 Å².